The molecule has 1 aromatic carbocycles. The summed E-state index contributed by atoms with van der Waals surface area (Å²) in [6.45, 7) is -0.432. The molecule has 12 heteroatoms. The van der Waals surface area contributed by atoms with Crippen LogP contribution in [0.4, 0.5) is 0 Å². The molecule has 0 aliphatic carbocycles. The molecule has 5 N–H and O–H groups in total. The number of carboxylic acids is 1. The summed E-state index contributed by atoms with van der Waals surface area (Å²) < 4.78 is 9.59. The molecule has 32 heavy (non-hydrogen) atoms. The third-order valence-electron chi connectivity index (χ3n) is 4.03. The first-order chi connectivity index (χ1) is 15.1. The van der Waals surface area contributed by atoms with E-state index in [0.29, 0.717) is 16.1 Å². The van der Waals surface area contributed by atoms with Crippen LogP contribution in [0.5, 0.6) is 5.75 Å². The van der Waals surface area contributed by atoms with Gasteiger partial charge in [-0.25, -0.2) is 9.78 Å². The molecule has 1 unspecified atom stereocenters. The molecule has 0 saturated heterocycles. The minimum absolute atomic E-state index is 0.349. The number of esters is 1. The minimum atomic E-state index is -1.74. The Hall–Kier alpha value is -3.25. The van der Waals surface area contributed by atoms with Gasteiger partial charge < -0.3 is 35.2 Å². The zero-order valence-corrected chi connectivity index (χ0v) is 17.5. The molecule has 1 aromatic heterocycles. The number of aromatic nitrogens is 1. The monoisotopic (exact) mass is 468 g/mol. The highest BCUT2D eigenvalue weighted by atomic mass is 35.5. The third kappa shape index (κ3) is 6.89. The minimum Gasteiger partial charge on any atom is -0.505 e. The summed E-state index contributed by atoms with van der Waals surface area (Å²) in [4.78, 5) is 39.0. The van der Waals surface area contributed by atoms with Gasteiger partial charge in [0.1, 0.15) is 18.9 Å². The van der Waals surface area contributed by atoms with Crippen LogP contribution in [-0.2, 0) is 19.1 Å². The van der Waals surface area contributed by atoms with Crippen LogP contribution in [0.2, 0.25) is 5.02 Å². The fourth-order valence-corrected chi connectivity index (χ4v) is 2.72. The van der Waals surface area contributed by atoms with Gasteiger partial charge in [-0.3, -0.25) is 9.59 Å². The van der Waals surface area contributed by atoms with Gasteiger partial charge in [-0.05, 0) is 30.7 Å². The summed E-state index contributed by atoms with van der Waals surface area (Å²) in [6, 6.07) is 8.09. The van der Waals surface area contributed by atoms with E-state index in [0.717, 1.165) is 6.92 Å². The van der Waals surface area contributed by atoms with Crippen molar-refractivity contribution >= 4 is 29.4 Å². The fraction of sp³-hybridized carbons (Fsp3) is 0.300. The van der Waals surface area contributed by atoms with Crippen molar-refractivity contribution < 1.29 is 44.3 Å². The number of carbonyl (C=O) groups is 3. The lowest BCUT2D eigenvalue weighted by Gasteiger charge is -2.22. The molecule has 2 aromatic rings. The molecular weight excluding hydrogens is 448 g/mol. The van der Waals surface area contributed by atoms with E-state index in [4.69, 9.17) is 26.2 Å². The van der Waals surface area contributed by atoms with Crippen LogP contribution in [0, 0.1) is 0 Å². The molecule has 0 radical (unpaired) electrons. The van der Waals surface area contributed by atoms with Gasteiger partial charge in [0.15, 0.2) is 11.8 Å². The van der Waals surface area contributed by atoms with Crippen LogP contribution < -0.4 is 5.32 Å². The topological polar surface area (TPSA) is 176 Å². The molecular formula is C20H21ClN2O9. The maximum atomic E-state index is 12.2. The number of hydrogen-bond acceptors (Lipinski definition) is 9. The molecule has 0 saturated carbocycles. The van der Waals surface area contributed by atoms with E-state index in [1.165, 1.54) is 12.3 Å². The summed E-state index contributed by atoms with van der Waals surface area (Å²) in [5, 5.41) is 40.3. The maximum Gasteiger partial charge on any atom is 0.335 e. The van der Waals surface area contributed by atoms with Gasteiger partial charge in [0, 0.05) is 16.8 Å². The first-order valence-electron chi connectivity index (χ1n) is 9.22. The summed E-state index contributed by atoms with van der Waals surface area (Å²) in [7, 11) is 0. The first-order valence-corrected chi connectivity index (χ1v) is 9.60. The van der Waals surface area contributed by atoms with Crippen molar-refractivity contribution in [2.45, 2.75) is 25.4 Å². The number of hydrogen-bond donors (Lipinski definition) is 5. The van der Waals surface area contributed by atoms with Gasteiger partial charge in [-0.15, -0.1) is 0 Å². The fourth-order valence-electron chi connectivity index (χ4n) is 2.53. The van der Waals surface area contributed by atoms with Crippen LogP contribution in [-0.4, -0.2) is 74.9 Å². The Morgan fingerprint density at radius 3 is 2.50 bits per heavy atom. The van der Waals surface area contributed by atoms with Crippen LogP contribution in [0.15, 0.2) is 36.5 Å². The van der Waals surface area contributed by atoms with E-state index in [-0.39, 0.29) is 5.69 Å². The number of amides is 1. The molecule has 0 bridgehead atoms. The van der Waals surface area contributed by atoms with E-state index in [1.54, 1.807) is 24.3 Å². The maximum absolute atomic E-state index is 12.2. The van der Waals surface area contributed by atoms with Crippen molar-refractivity contribution in [2.75, 3.05) is 13.2 Å². The number of aliphatic hydroxyl groups excluding tert-OH is 2. The number of carbonyl (C=O) groups excluding carboxylic acids is 2. The van der Waals surface area contributed by atoms with E-state index in [2.05, 4.69) is 10.3 Å². The Bertz CT molecular complexity index is 983. The SMILES string of the molecule is C[C@@H](O)C(O[C@@H](CO)OC(=O)CNC(=O)c1ncc(-c2cccc(Cl)c2)cc1O)C(=O)O. The summed E-state index contributed by atoms with van der Waals surface area (Å²) in [5.74, 6) is -3.91. The van der Waals surface area contributed by atoms with Gasteiger partial charge in [-0.1, -0.05) is 23.7 Å². The summed E-state index contributed by atoms with van der Waals surface area (Å²) in [6.07, 6.45) is -3.52. The average molecular weight is 469 g/mol. The number of pyridine rings is 1. The number of aliphatic hydroxyl groups is 2. The predicted octanol–water partition coefficient (Wildman–Crippen LogP) is 0.550. The Kier molecular flexibility index (Phi) is 8.91. The number of nitrogens with zero attached hydrogens (tertiary/aromatic N) is 1. The highest BCUT2D eigenvalue weighted by Gasteiger charge is 2.29. The Morgan fingerprint density at radius 2 is 1.94 bits per heavy atom. The molecule has 0 spiro atoms. The molecule has 172 valence electrons. The molecule has 1 heterocycles. The smallest absolute Gasteiger partial charge is 0.335 e. The van der Waals surface area contributed by atoms with E-state index < -0.39 is 55.2 Å². The number of nitrogens with one attached hydrogen (secondary N) is 1. The highest BCUT2D eigenvalue weighted by molar-refractivity contribution is 6.30. The summed E-state index contributed by atoms with van der Waals surface area (Å²) >= 11 is 5.94. The molecule has 2 rings (SSSR count). The number of rotatable bonds is 10. The molecule has 3 atom stereocenters. The van der Waals surface area contributed by atoms with E-state index >= 15 is 0 Å². The van der Waals surface area contributed by atoms with Crippen molar-refractivity contribution in [1.82, 2.24) is 10.3 Å². The molecule has 0 aliphatic heterocycles. The van der Waals surface area contributed by atoms with Gasteiger partial charge in [0.2, 0.25) is 6.29 Å². The van der Waals surface area contributed by atoms with Gasteiger partial charge in [0.25, 0.3) is 5.91 Å². The zero-order valence-electron chi connectivity index (χ0n) is 16.8. The lowest BCUT2D eigenvalue weighted by molar-refractivity contribution is -0.215. The summed E-state index contributed by atoms with van der Waals surface area (Å²) in [5.41, 5.74) is 0.830. The normalized spacial score (nSPS) is 13.6. The second-order valence-electron chi connectivity index (χ2n) is 6.52. The second-order valence-corrected chi connectivity index (χ2v) is 6.96. The van der Waals surface area contributed by atoms with Gasteiger partial charge in [-0.2, -0.15) is 0 Å². The number of carboxylic acid groups (broad SMARTS) is 1. The molecule has 11 nitrogen and oxygen atoms in total. The standard InChI is InChI=1S/C20H21ClN2O9/c1-10(25)18(20(29)30)32-16(9-24)31-15(27)8-23-19(28)17-14(26)6-12(7-22-17)11-3-2-4-13(21)5-11/h2-7,10,16,18,24-26H,8-9H2,1H3,(H,23,28)(H,29,30)/t10-,16+,18?/m1/s1. The zero-order chi connectivity index (χ0) is 23.8. The quantitative estimate of drug-likeness (QED) is 0.244. The van der Waals surface area contributed by atoms with Crippen molar-refractivity contribution in [1.29, 1.82) is 0 Å². The number of ether oxygens (including phenoxy) is 2. The van der Waals surface area contributed by atoms with Crippen LogP contribution >= 0.6 is 11.6 Å². The van der Waals surface area contributed by atoms with Gasteiger partial charge >= 0.3 is 11.9 Å². The number of aliphatic carboxylic acids is 1. The lowest BCUT2D eigenvalue weighted by Crippen LogP contribution is -2.42. The Labute approximate surface area is 187 Å². The average Bonchev–Trinajstić information content (AvgIpc) is 2.74. The number of aromatic hydroxyl groups is 1. The van der Waals surface area contributed by atoms with E-state index in [9.17, 15) is 29.7 Å². The Morgan fingerprint density at radius 1 is 1.22 bits per heavy atom. The number of halogens is 1. The predicted molar refractivity (Wildman–Crippen MR) is 110 cm³/mol. The number of benzene rings is 1. The van der Waals surface area contributed by atoms with Gasteiger partial charge in [0.05, 0.1) is 6.10 Å². The Balaban J connectivity index is 1.96. The first kappa shape index (κ1) is 25.0. The second kappa shape index (κ2) is 11.4. The van der Waals surface area contributed by atoms with Crippen molar-refractivity contribution in [3.8, 4) is 16.9 Å². The molecule has 1 amide bonds. The lowest BCUT2D eigenvalue weighted by atomic mass is 10.1. The molecule has 0 aliphatic rings. The third-order valence-corrected chi connectivity index (χ3v) is 4.26. The van der Waals surface area contributed by atoms with Crippen LogP contribution in [0.3, 0.4) is 0 Å². The van der Waals surface area contributed by atoms with E-state index in [1.807, 2.05) is 0 Å². The van der Waals surface area contributed by atoms with Crippen molar-refractivity contribution in [3.05, 3.63) is 47.2 Å². The highest BCUT2D eigenvalue weighted by Crippen LogP contribution is 2.26. The van der Waals surface area contributed by atoms with Crippen molar-refractivity contribution in [2.24, 2.45) is 0 Å². The molecule has 0 fully saturated rings. The van der Waals surface area contributed by atoms with Crippen LogP contribution in [0.25, 0.3) is 11.1 Å². The van der Waals surface area contributed by atoms with Crippen molar-refractivity contribution in [3.63, 3.8) is 0 Å². The van der Waals surface area contributed by atoms with Crippen LogP contribution in [0.1, 0.15) is 17.4 Å². The largest absolute Gasteiger partial charge is 0.505 e.